The van der Waals surface area contributed by atoms with Crippen molar-refractivity contribution < 1.29 is 37.9 Å². The fourth-order valence-electron chi connectivity index (χ4n) is 2.95. The number of phosphoric ester groups is 1. The van der Waals surface area contributed by atoms with Crippen LogP contribution >= 0.6 is 7.82 Å². The number of aliphatic hydroxyl groups is 1. The minimum atomic E-state index is -4.36. The Labute approximate surface area is 193 Å². The van der Waals surface area contributed by atoms with Crippen molar-refractivity contribution in [1.82, 2.24) is 5.32 Å². The Hall–Kier alpha value is -0.990. The first-order valence-corrected chi connectivity index (χ1v) is 13.5. The van der Waals surface area contributed by atoms with E-state index in [1.54, 1.807) is 6.92 Å². The highest BCUT2D eigenvalue weighted by molar-refractivity contribution is 7.47. The zero-order valence-corrected chi connectivity index (χ0v) is 20.8. The topological polar surface area (TPSA) is 131 Å². The Kier molecular flexibility index (Phi) is 20.0. The molecule has 0 saturated heterocycles. The van der Waals surface area contributed by atoms with E-state index >= 15 is 0 Å². The Morgan fingerprint density at radius 3 is 2.00 bits per heavy atom. The lowest BCUT2D eigenvalue weighted by atomic mass is 10.1. The van der Waals surface area contributed by atoms with Gasteiger partial charge in [-0.3, -0.25) is 18.6 Å². The van der Waals surface area contributed by atoms with E-state index in [-0.39, 0.29) is 32.1 Å². The van der Waals surface area contributed by atoms with Gasteiger partial charge in [0.15, 0.2) is 0 Å². The number of ether oxygens (including phenoxy) is 1. The largest absolute Gasteiger partial charge is 0.472 e. The molecule has 0 spiro atoms. The molecule has 2 unspecified atom stereocenters. The van der Waals surface area contributed by atoms with Crippen molar-refractivity contribution in [3.05, 3.63) is 0 Å². The predicted octanol–water partition coefficient (Wildman–Crippen LogP) is 4.25. The maximum atomic E-state index is 11.8. The van der Waals surface area contributed by atoms with Crippen molar-refractivity contribution in [2.75, 3.05) is 26.4 Å². The second-order valence-corrected chi connectivity index (χ2v) is 9.38. The van der Waals surface area contributed by atoms with Gasteiger partial charge in [-0.05, 0) is 6.42 Å². The molecular formula is C22H44NO8P. The number of hydrogen-bond acceptors (Lipinski definition) is 7. The molecule has 0 aliphatic heterocycles. The van der Waals surface area contributed by atoms with Crippen molar-refractivity contribution in [1.29, 1.82) is 0 Å². The van der Waals surface area contributed by atoms with Gasteiger partial charge >= 0.3 is 13.8 Å². The lowest BCUT2D eigenvalue weighted by molar-refractivity contribution is -0.146. The molecule has 0 radical (unpaired) electrons. The van der Waals surface area contributed by atoms with Crippen LogP contribution in [0.1, 0.15) is 97.3 Å². The molecule has 0 heterocycles. The first kappa shape index (κ1) is 31.0. The van der Waals surface area contributed by atoms with E-state index in [9.17, 15) is 24.2 Å². The Balaban J connectivity index is 3.59. The molecule has 0 aliphatic rings. The third-order valence-electron chi connectivity index (χ3n) is 4.84. The number of amides is 1. The summed E-state index contributed by atoms with van der Waals surface area (Å²) >= 11 is 0. The number of hydrogen-bond donors (Lipinski definition) is 3. The molecule has 9 nitrogen and oxygen atoms in total. The van der Waals surface area contributed by atoms with E-state index in [1.165, 1.54) is 51.4 Å². The molecule has 0 bridgehead atoms. The van der Waals surface area contributed by atoms with Crippen molar-refractivity contribution >= 4 is 19.7 Å². The maximum absolute atomic E-state index is 11.8. The zero-order valence-electron chi connectivity index (χ0n) is 19.9. The van der Waals surface area contributed by atoms with Gasteiger partial charge < -0.3 is 20.1 Å². The Morgan fingerprint density at radius 2 is 1.44 bits per heavy atom. The van der Waals surface area contributed by atoms with E-state index in [1.807, 2.05) is 0 Å². The van der Waals surface area contributed by atoms with Crippen LogP contribution in [0.3, 0.4) is 0 Å². The highest BCUT2D eigenvalue weighted by atomic mass is 31.2. The summed E-state index contributed by atoms with van der Waals surface area (Å²) in [5, 5.41) is 12.2. The van der Waals surface area contributed by atoms with E-state index < -0.39 is 26.5 Å². The van der Waals surface area contributed by atoms with Crippen LogP contribution in [0.25, 0.3) is 0 Å². The Morgan fingerprint density at radius 1 is 0.875 bits per heavy atom. The highest BCUT2D eigenvalue weighted by Crippen LogP contribution is 2.42. The number of carbonyl (C=O) groups excluding carboxylic acids is 2. The van der Waals surface area contributed by atoms with E-state index in [0.29, 0.717) is 6.42 Å². The molecule has 190 valence electrons. The van der Waals surface area contributed by atoms with Crippen LogP contribution in [0, 0.1) is 0 Å². The number of aliphatic hydroxyl groups excluding tert-OH is 1. The molecule has 0 aromatic carbocycles. The standard InChI is InChI=1S/C22H44NO8P/c1-3-5-6-7-8-9-10-11-12-13-14-15-21(25)23-16-17-30-32(27,28)31-19-20(24)18-29-22(26)4-2/h20,24H,3-19H2,1-2H3,(H,23,25)(H,27,28). The summed E-state index contributed by atoms with van der Waals surface area (Å²) in [6.45, 7) is 2.87. The second-order valence-electron chi connectivity index (χ2n) is 7.92. The molecular weight excluding hydrogens is 437 g/mol. The van der Waals surface area contributed by atoms with Crippen LogP contribution in [-0.4, -0.2) is 54.3 Å². The van der Waals surface area contributed by atoms with Gasteiger partial charge in [-0.15, -0.1) is 0 Å². The average Bonchev–Trinajstić information content (AvgIpc) is 2.77. The molecule has 0 rings (SSSR count). The summed E-state index contributed by atoms with van der Waals surface area (Å²) in [5.74, 6) is -0.609. The second kappa shape index (κ2) is 20.6. The van der Waals surface area contributed by atoms with Crippen molar-refractivity contribution in [3.8, 4) is 0 Å². The van der Waals surface area contributed by atoms with Crippen LogP contribution in [0.4, 0.5) is 0 Å². The van der Waals surface area contributed by atoms with Crippen molar-refractivity contribution in [2.45, 2.75) is 103 Å². The average molecular weight is 482 g/mol. The molecule has 1 amide bonds. The fourth-order valence-corrected chi connectivity index (χ4v) is 3.70. The van der Waals surface area contributed by atoms with Crippen LogP contribution in [0.15, 0.2) is 0 Å². The lowest BCUT2D eigenvalue weighted by Gasteiger charge is -2.15. The number of carbonyl (C=O) groups is 2. The fraction of sp³-hybridized carbons (Fsp3) is 0.909. The minimum Gasteiger partial charge on any atom is -0.463 e. The van der Waals surface area contributed by atoms with Crippen LogP contribution < -0.4 is 5.32 Å². The van der Waals surface area contributed by atoms with Gasteiger partial charge in [0.05, 0.1) is 13.2 Å². The molecule has 0 fully saturated rings. The quantitative estimate of drug-likeness (QED) is 0.119. The van der Waals surface area contributed by atoms with Crippen LogP contribution in [0.5, 0.6) is 0 Å². The molecule has 2 atom stereocenters. The summed E-state index contributed by atoms with van der Waals surface area (Å²) in [7, 11) is -4.36. The number of rotatable bonds is 22. The van der Waals surface area contributed by atoms with Crippen molar-refractivity contribution in [2.24, 2.45) is 0 Å². The minimum absolute atomic E-state index is 0.0848. The third-order valence-corrected chi connectivity index (χ3v) is 5.83. The number of esters is 1. The van der Waals surface area contributed by atoms with Gasteiger partial charge in [0, 0.05) is 19.4 Å². The maximum Gasteiger partial charge on any atom is 0.472 e. The van der Waals surface area contributed by atoms with E-state index in [0.717, 1.165) is 19.3 Å². The van der Waals surface area contributed by atoms with E-state index in [4.69, 9.17) is 9.26 Å². The molecule has 3 N–H and O–H groups in total. The zero-order chi connectivity index (χ0) is 24.1. The van der Waals surface area contributed by atoms with Gasteiger partial charge in [0.25, 0.3) is 0 Å². The number of nitrogens with one attached hydrogen (secondary N) is 1. The lowest BCUT2D eigenvalue weighted by Crippen LogP contribution is -2.27. The molecule has 0 aromatic heterocycles. The molecule has 0 saturated carbocycles. The predicted molar refractivity (Wildman–Crippen MR) is 123 cm³/mol. The first-order valence-electron chi connectivity index (χ1n) is 12.0. The normalized spacial score (nSPS) is 14.0. The smallest absolute Gasteiger partial charge is 0.463 e. The van der Waals surface area contributed by atoms with Gasteiger partial charge in [-0.25, -0.2) is 4.57 Å². The van der Waals surface area contributed by atoms with Gasteiger partial charge in [0.2, 0.25) is 5.91 Å². The highest BCUT2D eigenvalue weighted by Gasteiger charge is 2.23. The van der Waals surface area contributed by atoms with Crippen LogP contribution in [-0.2, 0) is 27.9 Å². The van der Waals surface area contributed by atoms with Crippen LogP contribution in [0.2, 0.25) is 0 Å². The van der Waals surface area contributed by atoms with Gasteiger partial charge in [0.1, 0.15) is 12.7 Å². The summed E-state index contributed by atoms with van der Waals surface area (Å²) in [6, 6.07) is 0. The van der Waals surface area contributed by atoms with Gasteiger partial charge in [-0.2, -0.15) is 0 Å². The molecule has 0 aliphatic carbocycles. The summed E-state index contributed by atoms with van der Waals surface area (Å²) in [5.41, 5.74) is 0. The summed E-state index contributed by atoms with van der Waals surface area (Å²) in [6.07, 6.45) is 12.7. The molecule has 32 heavy (non-hydrogen) atoms. The Bertz CT molecular complexity index is 532. The SMILES string of the molecule is CCCCCCCCCCCCCC(=O)NCCOP(=O)(O)OCC(O)COC(=O)CC. The third kappa shape index (κ3) is 20.9. The summed E-state index contributed by atoms with van der Waals surface area (Å²) in [4.78, 5) is 32.3. The monoisotopic (exact) mass is 481 g/mol. The van der Waals surface area contributed by atoms with E-state index in [2.05, 4.69) is 16.8 Å². The molecule has 0 aromatic rings. The van der Waals surface area contributed by atoms with Gasteiger partial charge in [-0.1, -0.05) is 78.1 Å². The molecule has 10 heteroatoms. The summed E-state index contributed by atoms with van der Waals surface area (Å²) < 4.78 is 25.8. The number of unbranched alkanes of at least 4 members (excludes halogenated alkanes) is 10. The first-order chi connectivity index (χ1) is 15.3. The van der Waals surface area contributed by atoms with Crippen molar-refractivity contribution in [3.63, 3.8) is 0 Å². The number of phosphoric acid groups is 1.